The number of ether oxygens (including phenoxy) is 2. The Balaban J connectivity index is 1.44. The van der Waals surface area contributed by atoms with Crippen LogP contribution in [-0.2, 0) is 19.4 Å². The summed E-state index contributed by atoms with van der Waals surface area (Å²) in [5.41, 5.74) is 2.02. The highest BCUT2D eigenvalue weighted by Crippen LogP contribution is 2.28. The molecule has 0 spiro atoms. The first-order valence-electron chi connectivity index (χ1n) is 11.5. The van der Waals surface area contributed by atoms with Crippen molar-refractivity contribution in [2.24, 2.45) is 0 Å². The molecule has 9 nitrogen and oxygen atoms in total. The molecule has 0 atom stereocenters. The standard InChI is InChI=1S/C27H24N4O5/c1-35-22-8-7-17(15-23(22)36-2)10-13-30-24(29-21-16-28-12-9-20(21)27(30)34)11-14-31-25(32)18-5-3-4-6-19(18)26(31)33/h3-9,12,15-16H,10-11,13-14H2,1-2H3. The number of amides is 2. The lowest BCUT2D eigenvalue weighted by atomic mass is 10.1. The number of pyridine rings is 1. The highest BCUT2D eigenvalue weighted by atomic mass is 16.5. The molecular formula is C27H24N4O5. The lowest BCUT2D eigenvalue weighted by molar-refractivity contribution is 0.0655. The number of benzene rings is 2. The quantitative estimate of drug-likeness (QED) is 0.354. The van der Waals surface area contributed by atoms with Gasteiger partial charge in [0.15, 0.2) is 11.5 Å². The third-order valence-electron chi connectivity index (χ3n) is 6.35. The van der Waals surface area contributed by atoms with Crippen molar-refractivity contribution in [1.82, 2.24) is 19.4 Å². The van der Waals surface area contributed by atoms with Crippen LogP contribution in [0.15, 0.2) is 65.7 Å². The summed E-state index contributed by atoms with van der Waals surface area (Å²) in [6.07, 6.45) is 3.87. The number of methoxy groups -OCH3 is 2. The molecule has 4 aromatic rings. The van der Waals surface area contributed by atoms with E-state index in [1.54, 1.807) is 61.5 Å². The summed E-state index contributed by atoms with van der Waals surface area (Å²) in [6, 6.07) is 14.0. The van der Waals surface area contributed by atoms with Crippen LogP contribution in [0, 0.1) is 0 Å². The maximum atomic E-state index is 13.4. The van der Waals surface area contributed by atoms with Crippen molar-refractivity contribution < 1.29 is 19.1 Å². The maximum Gasteiger partial charge on any atom is 0.261 e. The molecule has 1 aliphatic rings. The van der Waals surface area contributed by atoms with Gasteiger partial charge in [-0.1, -0.05) is 18.2 Å². The summed E-state index contributed by atoms with van der Waals surface area (Å²) < 4.78 is 12.3. The molecule has 5 rings (SSSR count). The van der Waals surface area contributed by atoms with Crippen molar-refractivity contribution in [3.63, 3.8) is 0 Å². The molecular weight excluding hydrogens is 460 g/mol. The summed E-state index contributed by atoms with van der Waals surface area (Å²) in [6.45, 7) is 0.470. The SMILES string of the molecule is COc1ccc(CCn2c(CCN3C(=O)c4ccccc4C3=O)nc3cnccc3c2=O)cc1OC. The normalized spacial score (nSPS) is 12.8. The van der Waals surface area contributed by atoms with E-state index in [4.69, 9.17) is 9.47 Å². The predicted octanol–water partition coefficient (Wildman–Crippen LogP) is 2.89. The molecule has 0 fully saturated rings. The topological polar surface area (TPSA) is 104 Å². The van der Waals surface area contributed by atoms with Crippen molar-refractivity contribution in [2.75, 3.05) is 20.8 Å². The number of hydrogen-bond acceptors (Lipinski definition) is 7. The molecule has 9 heteroatoms. The van der Waals surface area contributed by atoms with E-state index in [9.17, 15) is 14.4 Å². The van der Waals surface area contributed by atoms with Gasteiger partial charge in [0.2, 0.25) is 0 Å². The maximum absolute atomic E-state index is 13.4. The summed E-state index contributed by atoms with van der Waals surface area (Å²) in [5, 5.41) is 0.460. The summed E-state index contributed by atoms with van der Waals surface area (Å²) >= 11 is 0. The minimum Gasteiger partial charge on any atom is -0.493 e. The first-order valence-corrected chi connectivity index (χ1v) is 11.5. The molecule has 2 aromatic heterocycles. The van der Waals surface area contributed by atoms with Crippen LogP contribution in [0.3, 0.4) is 0 Å². The lowest BCUT2D eigenvalue weighted by Gasteiger charge is -2.17. The van der Waals surface area contributed by atoms with Gasteiger partial charge in [-0.15, -0.1) is 0 Å². The number of rotatable bonds is 8. The first-order chi connectivity index (χ1) is 17.5. The number of aryl methyl sites for hydroxylation is 1. The number of fused-ring (bicyclic) bond motifs is 2. The molecule has 2 amide bonds. The van der Waals surface area contributed by atoms with Gasteiger partial charge < -0.3 is 9.47 Å². The molecule has 36 heavy (non-hydrogen) atoms. The van der Waals surface area contributed by atoms with Crippen LogP contribution in [0.5, 0.6) is 11.5 Å². The van der Waals surface area contributed by atoms with Crippen LogP contribution in [0.25, 0.3) is 10.9 Å². The Labute approximate surface area is 206 Å². The second-order valence-corrected chi connectivity index (χ2v) is 8.37. The van der Waals surface area contributed by atoms with E-state index in [-0.39, 0.29) is 30.3 Å². The van der Waals surface area contributed by atoms with Crippen molar-refractivity contribution in [3.05, 3.63) is 93.8 Å². The number of imide groups is 1. The second-order valence-electron chi connectivity index (χ2n) is 8.37. The van der Waals surface area contributed by atoms with E-state index < -0.39 is 0 Å². The Morgan fingerprint density at radius 1 is 0.833 bits per heavy atom. The molecule has 0 N–H and O–H groups in total. The van der Waals surface area contributed by atoms with Crippen molar-refractivity contribution in [1.29, 1.82) is 0 Å². The molecule has 2 aromatic carbocycles. The number of hydrogen-bond donors (Lipinski definition) is 0. The van der Waals surface area contributed by atoms with E-state index in [1.807, 2.05) is 18.2 Å². The van der Waals surface area contributed by atoms with Crippen LogP contribution in [0.4, 0.5) is 0 Å². The Morgan fingerprint density at radius 3 is 2.25 bits per heavy atom. The van der Waals surface area contributed by atoms with Crippen LogP contribution in [0.2, 0.25) is 0 Å². The minimum absolute atomic E-state index is 0.112. The number of aromatic nitrogens is 3. The van der Waals surface area contributed by atoms with Crippen LogP contribution in [0.1, 0.15) is 32.1 Å². The number of nitrogens with zero attached hydrogens (tertiary/aromatic N) is 4. The molecule has 1 aliphatic heterocycles. The van der Waals surface area contributed by atoms with Gasteiger partial charge in [0.25, 0.3) is 17.4 Å². The van der Waals surface area contributed by atoms with Crippen LogP contribution < -0.4 is 15.0 Å². The Hall–Kier alpha value is -4.53. The van der Waals surface area contributed by atoms with E-state index in [0.29, 0.717) is 52.3 Å². The van der Waals surface area contributed by atoms with E-state index in [1.165, 1.54) is 4.90 Å². The Kier molecular flexibility index (Phi) is 6.20. The Morgan fingerprint density at radius 2 is 1.56 bits per heavy atom. The van der Waals surface area contributed by atoms with E-state index in [0.717, 1.165) is 5.56 Å². The Bertz CT molecular complexity index is 1510. The van der Waals surface area contributed by atoms with Crippen molar-refractivity contribution in [3.8, 4) is 11.5 Å². The largest absolute Gasteiger partial charge is 0.493 e. The van der Waals surface area contributed by atoms with Crippen LogP contribution in [-0.4, -0.2) is 52.0 Å². The third kappa shape index (κ3) is 4.08. The van der Waals surface area contributed by atoms with Gasteiger partial charge in [-0.05, 0) is 42.3 Å². The monoisotopic (exact) mass is 484 g/mol. The minimum atomic E-state index is -0.336. The van der Waals surface area contributed by atoms with Gasteiger partial charge in [-0.3, -0.25) is 28.8 Å². The second kappa shape index (κ2) is 9.61. The van der Waals surface area contributed by atoms with Gasteiger partial charge in [0.05, 0.1) is 42.4 Å². The van der Waals surface area contributed by atoms with Gasteiger partial charge >= 0.3 is 0 Å². The van der Waals surface area contributed by atoms with Gasteiger partial charge in [-0.2, -0.15) is 0 Å². The molecule has 0 radical (unpaired) electrons. The molecule has 182 valence electrons. The fourth-order valence-electron chi connectivity index (χ4n) is 4.47. The van der Waals surface area contributed by atoms with Crippen molar-refractivity contribution in [2.45, 2.75) is 19.4 Å². The molecule has 0 saturated heterocycles. The van der Waals surface area contributed by atoms with Gasteiger partial charge in [0.1, 0.15) is 5.82 Å². The zero-order chi connectivity index (χ0) is 25.2. The highest BCUT2D eigenvalue weighted by molar-refractivity contribution is 6.21. The smallest absolute Gasteiger partial charge is 0.261 e. The lowest BCUT2D eigenvalue weighted by Crippen LogP contribution is -2.34. The zero-order valence-electron chi connectivity index (χ0n) is 19.9. The predicted molar refractivity (Wildman–Crippen MR) is 133 cm³/mol. The van der Waals surface area contributed by atoms with Crippen molar-refractivity contribution >= 4 is 22.7 Å². The summed E-state index contributed by atoms with van der Waals surface area (Å²) in [4.78, 5) is 49.0. The summed E-state index contributed by atoms with van der Waals surface area (Å²) in [7, 11) is 3.15. The first kappa shape index (κ1) is 23.2. The third-order valence-corrected chi connectivity index (χ3v) is 6.35. The molecule has 3 heterocycles. The molecule has 0 saturated carbocycles. The molecule has 0 unspecified atom stereocenters. The zero-order valence-corrected chi connectivity index (χ0v) is 19.9. The fraction of sp³-hybridized carbons (Fsp3) is 0.222. The van der Waals surface area contributed by atoms with Gasteiger partial charge in [-0.25, -0.2) is 4.98 Å². The molecule has 0 bridgehead atoms. The highest BCUT2D eigenvalue weighted by Gasteiger charge is 2.34. The fourth-order valence-corrected chi connectivity index (χ4v) is 4.47. The average Bonchev–Trinajstić information content (AvgIpc) is 3.16. The average molecular weight is 485 g/mol. The van der Waals surface area contributed by atoms with Gasteiger partial charge in [0, 0.05) is 25.7 Å². The van der Waals surface area contributed by atoms with E-state index >= 15 is 0 Å². The number of carbonyl (C=O) groups excluding carboxylic acids is 2. The number of carbonyl (C=O) groups is 2. The van der Waals surface area contributed by atoms with E-state index in [2.05, 4.69) is 9.97 Å². The summed E-state index contributed by atoms with van der Waals surface area (Å²) in [5.74, 6) is 1.04. The molecule has 0 aliphatic carbocycles. The van der Waals surface area contributed by atoms with Crippen LogP contribution >= 0.6 is 0 Å².